The fourth-order valence-corrected chi connectivity index (χ4v) is 3.36. The third-order valence-electron chi connectivity index (χ3n) is 4.30. The van der Waals surface area contributed by atoms with E-state index in [0.29, 0.717) is 30.6 Å². The predicted molar refractivity (Wildman–Crippen MR) is 113 cm³/mol. The Kier molecular flexibility index (Phi) is 6.70. The average molecular weight is 427 g/mol. The molecule has 10 heteroatoms. The molecule has 4 N–H and O–H groups in total. The molecule has 0 saturated heterocycles. The molecule has 0 spiro atoms. The van der Waals surface area contributed by atoms with Gasteiger partial charge in [0.05, 0.1) is 29.5 Å². The summed E-state index contributed by atoms with van der Waals surface area (Å²) in [4.78, 5) is 24.9. The Bertz CT molecular complexity index is 1120. The molecule has 2 heterocycles. The van der Waals surface area contributed by atoms with E-state index in [1.54, 1.807) is 18.3 Å². The Morgan fingerprint density at radius 3 is 2.53 bits per heavy atom. The van der Waals surface area contributed by atoms with Gasteiger partial charge in [-0.05, 0) is 37.0 Å². The van der Waals surface area contributed by atoms with Gasteiger partial charge in [0.15, 0.2) is 11.5 Å². The van der Waals surface area contributed by atoms with Crippen molar-refractivity contribution in [2.24, 2.45) is 0 Å². The molecule has 1 amide bonds. The summed E-state index contributed by atoms with van der Waals surface area (Å²) in [5.74, 6) is -0.698. The maximum absolute atomic E-state index is 12.5. The number of carbonyl (C=O) groups excluding carboxylic acids is 1. The number of amides is 1. The monoisotopic (exact) mass is 427 g/mol. The second kappa shape index (κ2) is 9.42. The molecular weight excluding hydrogens is 406 g/mol. The number of carbonyl (C=O) groups is 1. The molecule has 1 aromatic carbocycles. The SMILES string of the molecule is Nc1ncc(-c2ccc(CCCCS(=O)(=O)O)cc2)nc1C(=O)Nc1cccnc1. The Labute approximate surface area is 174 Å². The number of anilines is 2. The van der Waals surface area contributed by atoms with Gasteiger partial charge in [-0.25, -0.2) is 9.97 Å². The number of aryl methyl sites for hydroxylation is 1. The van der Waals surface area contributed by atoms with Crippen LogP contribution in [0.5, 0.6) is 0 Å². The number of nitrogens with one attached hydrogen (secondary N) is 1. The molecule has 0 radical (unpaired) electrons. The van der Waals surface area contributed by atoms with Crippen LogP contribution in [0, 0.1) is 0 Å². The van der Waals surface area contributed by atoms with Gasteiger partial charge < -0.3 is 11.1 Å². The molecule has 156 valence electrons. The van der Waals surface area contributed by atoms with Crippen molar-refractivity contribution >= 4 is 27.5 Å². The summed E-state index contributed by atoms with van der Waals surface area (Å²) < 4.78 is 30.3. The number of nitrogens with zero attached hydrogens (tertiary/aromatic N) is 3. The minimum absolute atomic E-state index is 0.0191. The number of aromatic nitrogens is 3. The molecule has 0 atom stereocenters. The molecule has 2 aromatic heterocycles. The molecule has 0 bridgehead atoms. The van der Waals surface area contributed by atoms with Crippen LogP contribution in [-0.4, -0.2) is 39.6 Å². The molecule has 0 fully saturated rings. The number of benzene rings is 1. The number of hydrogen-bond donors (Lipinski definition) is 3. The van der Waals surface area contributed by atoms with Crippen molar-refractivity contribution < 1.29 is 17.8 Å². The molecule has 0 unspecified atom stereocenters. The fraction of sp³-hybridized carbons (Fsp3) is 0.200. The largest absolute Gasteiger partial charge is 0.382 e. The Morgan fingerprint density at radius 1 is 1.10 bits per heavy atom. The van der Waals surface area contributed by atoms with Crippen molar-refractivity contribution in [1.82, 2.24) is 15.0 Å². The van der Waals surface area contributed by atoms with Gasteiger partial charge in [0.2, 0.25) is 0 Å². The zero-order chi connectivity index (χ0) is 21.6. The van der Waals surface area contributed by atoms with E-state index < -0.39 is 16.0 Å². The van der Waals surface area contributed by atoms with E-state index in [-0.39, 0.29) is 17.3 Å². The van der Waals surface area contributed by atoms with E-state index in [1.807, 2.05) is 24.3 Å². The number of hydrogen-bond acceptors (Lipinski definition) is 7. The van der Waals surface area contributed by atoms with Gasteiger partial charge in [0.25, 0.3) is 16.0 Å². The molecule has 9 nitrogen and oxygen atoms in total. The molecule has 0 aliphatic carbocycles. The van der Waals surface area contributed by atoms with Crippen LogP contribution in [-0.2, 0) is 16.5 Å². The summed E-state index contributed by atoms with van der Waals surface area (Å²) in [7, 11) is -3.92. The molecule has 3 aromatic rings. The van der Waals surface area contributed by atoms with Crippen LogP contribution >= 0.6 is 0 Å². The summed E-state index contributed by atoms with van der Waals surface area (Å²) in [5.41, 5.74) is 8.66. The maximum atomic E-state index is 12.5. The van der Waals surface area contributed by atoms with Gasteiger partial charge in [-0.1, -0.05) is 24.3 Å². The summed E-state index contributed by atoms with van der Waals surface area (Å²) in [6, 6.07) is 10.9. The fourth-order valence-electron chi connectivity index (χ4n) is 2.79. The molecule has 0 aliphatic heterocycles. The zero-order valence-corrected chi connectivity index (χ0v) is 16.8. The van der Waals surface area contributed by atoms with Gasteiger partial charge in [-0.2, -0.15) is 8.42 Å². The van der Waals surface area contributed by atoms with Gasteiger partial charge >= 0.3 is 0 Å². The second-order valence-electron chi connectivity index (χ2n) is 6.62. The average Bonchev–Trinajstić information content (AvgIpc) is 2.72. The van der Waals surface area contributed by atoms with E-state index in [4.69, 9.17) is 10.3 Å². The lowest BCUT2D eigenvalue weighted by Gasteiger charge is -2.09. The van der Waals surface area contributed by atoms with Crippen LogP contribution in [0.2, 0.25) is 0 Å². The molecular formula is C20H21N5O4S. The molecule has 30 heavy (non-hydrogen) atoms. The first-order valence-corrected chi connectivity index (χ1v) is 10.8. The third-order valence-corrected chi connectivity index (χ3v) is 5.11. The zero-order valence-electron chi connectivity index (χ0n) is 16.0. The minimum Gasteiger partial charge on any atom is -0.382 e. The predicted octanol–water partition coefficient (Wildman–Crippen LogP) is 2.58. The van der Waals surface area contributed by atoms with Crippen LogP contribution in [0.3, 0.4) is 0 Å². The standard InChI is InChI=1S/C20H21N5O4S/c21-19-18(20(26)24-16-5-3-10-22-12-16)25-17(13-23-19)15-8-6-14(7-9-15)4-1-2-11-30(27,28)29/h3,5-10,12-13H,1-2,4,11H2,(H2,21,23)(H,24,26)(H,27,28,29). The van der Waals surface area contributed by atoms with Crippen LogP contribution in [0.1, 0.15) is 28.9 Å². The highest BCUT2D eigenvalue weighted by Crippen LogP contribution is 2.20. The Morgan fingerprint density at radius 2 is 1.87 bits per heavy atom. The lowest BCUT2D eigenvalue weighted by Crippen LogP contribution is -2.17. The van der Waals surface area contributed by atoms with E-state index in [2.05, 4.69) is 20.3 Å². The highest BCUT2D eigenvalue weighted by Gasteiger charge is 2.15. The molecule has 0 aliphatic rings. The van der Waals surface area contributed by atoms with Crippen molar-refractivity contribution in [1.29, 1.82) is 0 Å². The Hall–Kier alpha value is -3.37. The minimum atomic E-state index is -3.92. The smallest absolute Gasteiger partial charge is 0.278 e. The van der Waals surface area contributed by atoms with Gasteiger partial charge in [-0.3, -0.25) is 14.3 Å². The third kappa shape index (κ3) is 6.06. The lowest BCUT2D eigenvalue weighted by atomic mass is 10.0. The highest BCUT2D eigenvalue weighted by molar-refractivity contribution is 7.85. The van der Waals surface area contributed by atoms with E-state index in [0.717, 1.165) is 11.1 Å². The Balaban J connectivity index is 1.68. The van der Waals surface area contributed by atoms with Gasteiger partial charge in [0.1, 0.15) is 0 Å². The number of rotatable bonds is 8. The number of unbranched alkanes of at least 4 members (excludes halogenated alkanes) is 1. The van der Waals surface area contributed by atoms with Crippen LogP contribution < -0.4 is 11.1 Å². The normalized spacial score (nSPS) is 11.2. The van der Waals surface area contributed by atoms with Crippen molar-refractivity contribution in [2.45, 2.75) is 19.3 Å². The summed E-state index contributed by atoms with van der Waals surface area (Å²) in [5, 5.41) is 2.68. The van der Waals surface area contributed by atoms with E-state index >= 15 is 0 Å². The van der Waals surface area contributed by atoms with Crippen LogP contribution in [0.25, 0.3) is 11.3 Å². The summed E-state index contributed by atoms with van der Waals surface area (Å²) in [6.45, 7) is 0. The van der Waals surface area contributed by atoms with Gasteiger partial charge in [0, 0.05) is 11.8 Å². The molecule has 0 saturated carbocycles. The van der Waals surface area contributed by atoms with Crippen molar-refractivity contribution in [3.63, 3.8) is 0 Å². The number of nitrogen functional groups attached to an aromatic ring is 1. The number of nitrogens with two attached hydrogens (primary N) is 1. The molecule has 3 rings (SSSR count). The first-order valence-electron chi connectivity index (χ1n) is 9.20. The summed E-state index contributed by atoms with van der Waals surface area (Å²) in [6.07, 6.45) is 6.32. The van der Waals surface area contributed by atoms with Crippen LogP contribution in [0.15, 0.2) is 55.0 Å². The first-order chi connectivity index (χ1) is 14.3. The number of pyridine rings is 1. The summed E-state index contributed by atoms with van der Waals surface area (Å²) >= 11 is 0. The lowest BCUT2D eigenvalue weighted by molar-refractivity contribution is 0.102. The van der Waals surface area contributed by atoms with Crippen LogP contribution in [0.4, 0.5) is 11.5 Å². The topological polar surface area (TPSA) is 148 Å². The first kappa shape index (κ1) is 21.3. The van der Waals surface area contributed by atoms with Crippen molar-refractivity contribution in [2.75, 3.05) is 16.8 Å². The highest BCUT2D eigenvalue weighted by atomic mass is 32.2. The second-order valence-corrected chi connectivity index (χ2v) is 8.20. The van der Waals surface area contributed by atoms with Crippen molar-refractivity contribution in [3.8, 4) is 11.3 Å². The van der Waals surface area contributed by atoms with Gasteiger partial charge in [-0.15, -0.1) is 0 Å². The maximum Gasteiger partial charge on any atom is 0.278 e. The van der Waals surface area contributed by atoms with E-state index in [9.17, 15) is 13.2 Å². The van der Waals surface area contributed by atoms with E-state index in [1.165, 1.54) is 12.4 Å². The van der Waals surface area contributed by atoms with Crippen molar-refractivity contribution in [3.05, 3.63) is 66.2 Å². The quantitative estimate of drug-likeness (QED) is 0.367.